The van der Waals surface area contributed by atoms with Crippen molar-refractivity contribution in [2.24, 2.45) is 0 Å². The second kappa shape index (κ2) is 3.72. The van der Waals surface area contributed by atoms with Crippen LogP contribution in [0.5, 0.6) is 0 Å². The van der Waals surface area contributed by atoms with Crippen LogP contribution in [-0.4, -0.2) is 24.9 Å². The van der Waals surface area contributed by atoms with Crippen LogP contribution >= 0.6 is 15.9 Å². The van der Waals surface area contributed by atoms with Gasteiger partial charge in [0.2, 0.25) is 0 Å². The normalized spacial score (nSPS) is 12.6. The molecule has 2 rings (SSSR count). The number of rotatable bonds is 2. The Hall–Kier alpha value is -1.48. The summed E-state index contributed by atoms with van der Waals surface area (Å²) in [5, 5.41) is 17.1. The minimum atomic E-state index is -0.289. The molecular formula is C8H6BrN5. The van der Waals surface area contributed by atoms with Crippen molar-refractivity contribution >= 4 is 21.6 Å². The van der Waals surface area contributed by atoms with Crippen molar-refractivity contribution in [2.45, 2.75) is 5.92 Å². The van der Waals surface area contributed by atoms with E-state index in [1.807, 2.05) is 0 Å². The molecule has 0 amide bonds. The summed E-state index contributed by atoms with van der Waals surface area (Å²) < 4.78 is 1.75. The van der Waals surface area contributed by atoms with E-state index in [2.05, 4.69) is 37.2 Å². The molecule has 2 heterocycles. The van der Waals surface area contributed by atoms with Crippen LogP contribution in [-0.2, 0) is 0 Å². The third-order valence-corrected chi connectivity index (χ3v) is 2.53. The van der Waals surface area contributed by atoms with E-state index in [1.54, 1.807) is 23.1 Å². The van der Waals surface area contributed by atoms with Crippen LogP contribution in [0.4, 0.5) is 0 Å². The van der Waals surface area contributed by atoms with Gasteiger partial charge in [0.05, 0.1) is 6.07 Å². The van der Waals surface area contributed by atoms with Crippen molar-refractivity contribution < 1.29 is 0 Å². The highest BCUT2D eigenvalue weighted by Crippen LogP contribution is 2.18. The first-order valence-electron chi connectivity index (χ1n) is 3.96. The van der Waals surface area contributed by atoms with Gasteiger partial charge in [-0.05, 0) is 0 Å². The molecule has 0 spiro atoms. The minimum absolute atomic E-state index is 0.289. The lowest BCUT2D eigenvalue weighted by Crippen LogP contribution is -2.03. The van der Waals surface area contributed by atoms with E-state index < -0.39 is 0 Å². The van der Waals surface area contributed by atoms with Gasteiger partial charge in [-0.2, -0.15) is 5.26 Å². The molecule has 0 saturated carbocycles. The lowest BCUT2D eigenvalue weighted by Gasteiger charge is -2.04. The van der Waals surface area contributed by atoms with Gasteiger partial charge in [0, 0.05) is 17.7 Å². The van der Waals surface area contributed by atoms with Crippen LogP contribution in [0.2, 0.25) is 0 Å². The van der Waals surface area contributed by atoms with Gasteiger partial charge in [0.25, 0.3) is 0 Å². The fraction of sp³-hybridized carbons (Fsp3) is 0.250. The summed E-state index contributed by atoms with van der Waals surface area (Å²) in [5.74, 6) is -0.289. The SMILES string of the molecule is N#CC(CBr)c1nccn2cnnc12. The van der Waals surface area contributed by atoms with Crippen LogP contribution in [0.3, 0.4) is 0 Å². The lowest BCUT2D eigenvalue weighted by atomic mass is 10.1. The van der Waals surface area contributed by atoms with E-state index in [0.717, 1.165) is 0 Å². The standard InChI is InChI=1S/C8H6BrN5/c9-3-6(4-10)7-8-13-12-5-14(8)2-1-11-7/h1-2,5-6H,3H2. The van der Waals surface area contributed by atoms with Gasteiger partial charge in [-0.15, -0.1) is 10.2 Å². The number of halogens is 1. The van der Waals surface area contributed by atoms with E-state index >= 15 is 0 Å². The average molecular weight is 252 g/mol. The molecule has 70 valence electrons. The van der Waals surface area contributed by atoms with Gasteiger partial charge in [0.1, 0.15) is 17.9 Å². The maximum absolute atomic E-state index is 8.90. The molecule has 0 fully saturated rings. The molecule has 2 aromatic heterocycles. The first kappa shape index (κ1) is 9.09. The first-order chi connectivity index (χ1) is 6.86. The van der Waals surface area contributed by atoms with Gasteiger partial charge >= 0.3 is 0 Å². The molecule has 2 aromatic rings. The maximum atomic E-state index is 8.90. The molecule has 0 aromatic carbocycles. The zero-order valence-corrected chi connectivity index (χ0v) is 8.72. The predicted octanol–water partition coefficient (Wildman–Crippen LogP) is 1.13. The summed E-state index contributed by atoms with van der Waals surface area (Å²) in [6.45, 7) is 0. The van der Waals surface area contributed by atoms with Crippen molar-refractivity contribution in [3.05, 3.63) is 24.4 Å². The van der Waals surface area contributed by atoms with Gasteiger partial charge < -0.3 is 0 Å². The highest BCUT2D eigenvalue weighted by molar-refractivity contribution is 9.09. The van der Waals surface area contributed by atoms with Crippen molar-refractivity contribution in [2.75, 3.05) is 5.33 Å². The summed E-state index contributed by atoms with van der Waals surface area (Å²) in [7, 11) is 0. The summed E-state index contributed by atoms with van der Waals surface area (Å²) in [5.41, 5.74) is 1.29. The monoisotopic (exact) mass is 251 g/mol. The van der Waals surface area contributed by atoms with Crippen molar-refractivity contribution in [1.29, 1.82) is 5.26 Å². The number of nitrogens with zero attached hydrogens (tertiary/aromatic N) is 5. The fourth-order valence-corrected chi connectivity index (χ4v) is 1.64. The van der Waals surface area contributed by atoms with Crippen LogP contribution in [0.1, 0.15) is 11.6 Å². The Labute approximate surface area is 88.5 Å². The first-order valence-corrected chi connectivity index (χ1v) is 5.08. The molecule has 0 radical (unpaired) electrons. The molecule has 0 aliphatic heterocycles. The Morgan fingerprint density at radius 3 is 3.21 bits per heavy atom. The minimum Gasteiger partial charge on any atom is -0.286 e. The second-order valence-electron chi connectivity index (χ2n) is 2.71. The Bertz CT molecular complexity index is 486. The fourth-order valence-electron chi connectivity index (χ4n) is 1.19. The molecule has 1 unspecified atom stereocenters. The number of alkyl halides is 1. The smallest absolute Gasteiger partial charge is 0.183 e. The quantitative estimate of drug-likeness (QED) is 0.751. The second-order valence-corrected chi connectivity index (χ2v) is 3.36. The van der Waals surface area contributed by atoms with Crippen LogP contribution in [0.15, 0.2) is 18.7 Å². The Balaban J connectivity index is 2.62. The van der Waals surface area contributed by atoms with Gasteiger partial charge in [-0.25, -0.2) is 0 Å². The topological polar surface area (TPSA) is 66.9 Å². The molecule has 0 aliphatic rings. The summed E-state index contributed by atoms with van der Waals surface area (Å²) in [6.07, 6.45) is 4.98. The van der Waals surface area contributed by atoms with Gasteiger partial charge in [-0.1, -0.05) is 15.9 Å². The van der Waals surface area contributed by atoms with Crippen molar-refractivity contribution in [1.82, 2.24) is 19.6 Å². The van der Waals surface area contributed by atoms with E-state index in [4.69, 9.17) is 5.26 Å². The van der Waals surface area contributed by atoms with Crippen molar-refractivity contribution in [3.8, 4) is 6.07 Å². The summed E-state index contributed by atoms with van der Waals surface area (Å²) >= 11 is 3.27. The number of hydrogen-bond acceptors (Lipinski definition) is 4. The average Bonchev–Trinajstić information content (AvgIpc) is 2.68. The van der Waals surface area contributed by atoms with Crippen LogP contribution in [0, 0.1) is 11.3 Å². The number of fused-ring (bicyclic) bond motifs is 1. The molecule has 0 saturated heterocycles. The molecule has 0 N–H and O–H groups in total. The molecule has 0 aliphatic carbocycles. The molecule has 14 heavy (non-hydrogen) atoms. The predicted molar refractivity (Wildman–Crippen MR) is 52.9 cm³/mol. The largest absolute Gasteiger partial charge is 0.286 e. The number of hydrogen-bond donors (Lipinski definition) is 0. The third kappa shape index (κ3) is 1.36. The molecule has 1 atom stereocenters. The van der Waals surface area contributed by atoms with Crippen molar-refractivity contribution in [3.63, 3.8) is 0 Å². The van der Waals surface area contributed by atoms with Gasteiger partial charge in [-0.3, -0.25) is 9.38 Å². The van der Waals surface area contributed by atoms with Gasteiger partial charge in [0.15, 0.2) is 5.65 Å². The lowest BCUT2D eigenvalue weighted by molar-refractivity contribution is 0.919. The Morgan fingerprint density at radius 2 is 2.50 bits per heavy atom. The van der Waals surface area contributed by atoms with Crippen LogP contribution in [0.25, 0.3) is 5.65 Å². The van der Waals surface area contributed by atoms with E-state index in [1.165, 1.54) is 0 Å². The number of nitriles is 1. The zero-order chi connectivity index (χ0) is 9.97. The summed E-state index contributed by atoms with van der Waals surface area (Å²) in [4.78, 5) is 4.15. The van der Waals surface area contributed by atoms with E-state index in [0.29, 0.717) is 16.7 Å². The summed E-state index contributed by atoms with van der Waals surface area (Å²) in [6, 6.07) is 2.16. The highest BCUT2D eigenvalue weighted by Gasteiger charge is 2.15. The zero-order valence-electron chi connectivity index (χ0n) is 7.13. The molecule has 5 nitrogen and oxygen atoms in total. The molecule has 0 bridgehead atoms. The number of aromatic nitrogens is 4. The highest BCUT2D eigenvalue weighted by atomic mass is 79.9. The molecular weight excluding hydrogens is 246 g/mol. The molecule has 6 heteroatoms. The van der Waals surface area contributed by atoms with Crippen LogP contribution < -0.4 is 0 Å². The van der Waals surface area contributed by atoms with E-state index in [9.17, 15) is 0 Å². The maximum Gasteiger partial charge on any atom is 0.183 e. The van der Waals surface area contributed by atoms with E-state index in [-0.39, 0.29) is 5.92 Å². The Kier molecular flexibility index (Phi) is 2.41. The Morgan fingerprint density at radius 1 is 1.64 bits per heavy atom. The third-order valence-electron chi connectivity index (χ3n) is 1.88.